The van der Waals surface area contributed by atoms with Crippen LogP contribution in [0.15, 0.2) is 16.6 Å². The first-order chi connectivity index (χ1) is 5.16. The first-order valence-electron chi connectivity index (χ1n) is 2.99. The van der Waals surface area contributed by atoms with Crippen LogP contribution in [0, 0.1) is 5.82 Å². The molecule has 2 N–H and O–H groups in total. The van der Waals surface area contributed by atoms with E-state index in [1.807, 2.05) is 0 Å². The molecule has 1 aromatic rings. The van der Waals surface area contributed by atoms with Crippen molar-refractivity contribution < 1.29 is 4.39 Å². The summed E-state index contributed by atoms with van der Waals surface area (Å²) in [5.41, 5.74) is 5.71. The van der Waals surface area contributed by atoms with Gasteiger partial charge in [-0.15, -0.1) is 0 Å². The van der Waals surface area contributed by atoms with Gasteiger partial charge in [0.1, 0.15) is 5.82 Å². The Kier molecular flexibility index (Phi) is 2.87. The van der Waals surface area contributed by atoms with Crippen LogP contribution in [0.3, 0.4) is 0 Å². The first-order valence-corrected chi connectivity index (χ1v) is 4.16. The number of nitrogens with two attached hydrogens (primary N) is 1. The summed E-state index contributed by atoms with van der Waals surface area (Å²) in [5.74, 6) is -0.330. The Morgan fingerprint density at radius 3 is 2.64 bits per heavy atom. The van der Waals surface area contributed by atoms with Crippen LogP contribution in [-0.4, -0.2) is 0 Å². The summed E-state index contributed by atoms with van der Waals surface area (Å²) in [6.45, 7) is 0.146. The summed E-state index contributed by atoms with van der Waals surface area (Å²) >= 11 is 8.83. The summed E-state index contributed by atoms with van der Waals surface area (Å²) in [5, 5.41) is 0.479. The van der Waals surface area contributed by atoms with Crippen molar-refractivity contribution in [2.75, 3.05) is 0 Å². The number of halogens is 3. The highest BCUT2D eigenvalue weighted by molar-refractivity contribution is 9.10. The standard InChI is InChI=1S/C7H6BrClFN/c8-7-4(3-11)6(10)2-1-5(7)9/h1-2H,3,11H2. The van der Waals surface area contributed by atoms with E-state index in [9.17, 15) is 4.39 Å². The van der Waals surface area contributed by atoms with Crippen molar-refractivity contribution in [2.45, 2.75) is 6.54 Å². The molecule has 0 aromatic heterocycles. The molecule has 0 aliphatic carbocycles. The Bertz CT molecular complexity index is 277. The lowest BCUT2D eigenvalue weighted by atomic mass is 10.2. The highest BCUT2D eigenvalue weighted by atomic mass is 79.9. The van der Waals surface area contributed by atoms with Gasteiger partial charge in [-0.3, -0.25) is 0 Å². The van der Waals surface area contributed by atoms with Crippen LogP contribution < -0.4 is 5.73 Å². The average Bonchev–Trinajstić information content (AvgIpc) is 1.99. The maximum atomic E-state index is 12.9. The van der Waals surface area contributed by atoms with E-state index in [1.54, 1.807) is 0 Å². The van der Waals surface area contributed by atoms with Gasteiger partial charge in [0, 0.05) is 16.6 Å². The van der Waals surface area contributed by atoms with Gasteiger partial charge in [-0.1, -0.05) is 11.6 Å². The summed E-state index contributed by atoms with van der Waals surface area (Å²) in [7, 11) is 0. The molecule has 0 aliphatic heterocycles. The molecule has 4 heteroatoms. The summed E-state index contributed by atoms with van der Waals surface area (Å²) in [4.78, 5) is 0. The molecule has 0 aliphatic rings. The molecule has 0 saturated heterocycles. The van der Waals surface area contributed by atoms with Gasteiger partial charge < -0.3 is 5.73 Å². The Balaban J connectivity index is 3.29. The fraction of sp³-hybridized carbons (Fsp3) is 0.143. The predicted molar refractivity (Wildman–Crippen MR) is 47.0 cm³/mol. The van der Waals surface area contributed by atoms with Crippen molar-refractivity contribution in [1.82, 2.24) is 0 Å². The predicted octanol–water partition coefficient (Wildman–Crippen LogP) is 2.70. The van der Waals surface area contributed by atoms with Crippen LogP contribution in [0.25, 0.3) is 0 Å². The third-order valence-electron chi connectivity index (χ3n) is 1.34. The molecule has 0 saturated carbocycles. The number of hydrogen-bond donors (Lipinski definition) is 1. The highest BCUT2D eigenvalue weighted by Gasteiger charge is 2.07. The molecule has 0 radical (unpaired) electrons. The molecular weight excluding hydrogens is 232 g/mol. The van der Waals surface area contributed by atoms with Crippen LogP contribution in [0.5, 0.6) is 0 Å². The zero-order valence-electron chi connectivity index (χ0n) is 5.57. The second-order valence-corrected chi connectivity index (χ2v) is 3.23. The number of rotatable bonds is 1. The zero-order chi connectivity index (χ0) is 8.43. The van der Waals surface area contributed by atoms with Crippen molar-refractivity contribution >= 4 is 27.5 Å². The number of hydrogen-bond acceptors (Lipinski definition) is 1. The maximum absolute atomic E-state index is 12.9. The first kappa shape index (κ1) is 8.97. The molecule has 0 unspecified atom stereocenters. The van der Waals surface area contributed by atoms with Gasteiger partial charge in [0.2, 0.25) is 0 Å². The minimum Gasteiger partial charge on any atom is -0.326 e. The molecule has 1 nitrogen and oxygen atoms in total. The highest BCUT2D eigenvalue weighted by Crippen LogP contribution is 2.27. The van der Waals surface area contributed by atoms with Crippen molar-refractivity contribution in [2.24, 2.45) is 5.73 Å². The molecule has 0 amide bonds. The molecule has 11 heavy (non-hydrogen) atoms. The fourth-order valence-corrected chi connectivity index (χ4v) is 1.42. The summed E-state index contributed by atoms with van der Waals surface area (Å²) in [6, 6.07) is 2.79. The minimum absolute atomic E-state index is 0.146. The van der Waals surface area contributed by atoms with E-state index in [2.05, 4.69) is 15.9 Å². The van der Waals surface area contributed by atoms with Crippen molar-refractivity contribution in [3.8, 4) is 0 Å². The Hall–Kier alpha value is -0.120. The van der Waals surface area contributed by atoms with Crippen molar-refractivity contribution in [1.29, 1.82) is 0 Å². The van der Waals surface area contributed by atoms with Gasteiger partial charge in [-0.05, 0) is 28.1 Å². The molecule has 1 rings (SSSR count). The Morgan fingerprint density at radius 2 is 2.18 bits per heavy atom. The van der Waals surface area contributed by atoms with E-state index in [4.69, 9.17) is 17.3 Å². The van der Waals surface area contributed by atoms with E-state index >= 15 is 0 Å². The van der Waals surface area contributed by atoms with Crippen LogP contribution in [-0.2, 0) is 6.54 Å². The molecule has 0 heterocycles. The molecule has 60 valence electrons. The number of benzene rings is 1. The largest absolute Gasteiger partial charge is 0.326 e. The second-order valence-electron chi connectivity index (χ2n) is 2.03. The van der Waals surface area contributed by atoms with Gasteiger partial charge in [-0.25, -0.2) is 4.39 Å². The van der Waals surface area contributed by atoms with Crippen LogP contribution in [0.1, 0.15) is 5.56 Å². The van der Waals surface area contributed by atoms with Gasteiger partial charge in [0.05, 0.1) is 5.02 Å². The normalized spacial score (nSPS) is 10.2. The van der Waals surface area contributed by atoms with E-state index < -0.39 is 0 Å². The van der Waals surface area contributed by atoms with E-state index in [1.165, 1.54) is 12.1 Å². The van der Waals surface area contributed by atoms with E-state index in [0.717, 1.165) is 0 Å². The quantitative estimate of drug-likeness (QED) is 0.748. The van der Waals surface area contributed by atoms with Gasteiger partial charge in [0.15, 0.2) is 0 Å². The summed E-state index contributed by atoms with van der Waals surface area (Å²) in [6.07, 6.45) is 0. The van der Waals surface area contributed by atoms with Crippen molar-refractivity contribution in [3.05, 3.63) is 33.0 Å². The zero-order valence-corrected chi connectivity index (χ0v) is 7.91. The Labute approximate surface area is 77.5 Å². The molecule has 0 spiro atoms. The van der Waals surface area contributed by atoms with Gasteiger partial charge in [0.25, 0.3) is 0 Å². The van der Waals surface area contributed by atoms with Crippen molar-refractivity contribution in [3.63, 3.8) is 0 Å². The van der Waals surface area contributed by atoms with Gasteiger partial charge >= 0.3 is 0 Å². The lowest BCUT2D eigenvalue weighted by Gasteiger charge is -2.03. The lowest BCUT2D eigenvalue weighted by Crippen LogP contribution is -2.00. The average molecular weight is 238 g/mol. The monoisotopic (exact) mass is 237 g/mol. The van der Waals surface area contributed by atoms with Crippen LogP contribution in [0.2, 0.25) is 5.02 Å². The second kappa shape index (κ2) is 3.52. The van der Waals surface area contributed by atoms with E-state index in [-0.39, 0.29) is 12.4 Å². The minimum atomic E-state index is -0.330. The lowest BCUT2D eigenvalue weighted by molar-refractivity contribution is 0.609. The van der Waals surface area contributed by atoms with Crippen LogP contribution in [0.4, 0.5) is 4.39 Å². The third kappa shape index (κ3) is 1.72. The van der Waals surface area contributed by atoms with Crippen LogP contribution >= 0.6 is 27.5 Å². The Morgan fingerprint density at radius 1 is 1.55 bits per heavy atom. The van der Waals surface area contributed by atoms with Gasteiger partial charge in [-0.2, -0.15) is 0 Å². The molecule has 0 atom stereocenters. The molecular formula is C7H6BrClFN. The topological polar surface area (TPSA) is 26.0 Å². The smallest absolute Gasteiger partial charge is 0.128 e. The molecule has 1 aromatic carbocycles. The van der Waals surface area contributed by atoms with E-state index in [0.29, 0.717) is 15.1 Å². The maximum Gasteiger partial charge on any atom is 0.128 e. The SMILES string of the molecule is NCc1c(F)ccc(Cl)c1Br. The fourth-order valence-electron chi connectivity index (χ4n) is 0.756. The molecule has 0 fully saturated rings. The molecule has 0 bridgehead atoms. The third-order valence-corrected chi connectivity index (χ3v) is 2.79. The summed E-state index contributed by atoms with van der Waals surface area (Å²) < 4.78 is 13.4.